The van der Waals surface area contributed by atoms with Gasteiger partial charge in [-0.05, 0) is 36.8 Å². The summed E-state index contributed by atoms with van der Waals surface area (Å²) in [5, 5.41) is 4.89. The first kappa shape index (κ1) is 21.3. The molecule has 2 aromatic rings. The van der Waals surface area contributed by atoms with Crippen molar-refractivity contribution in [2.45, 2.75) is 6.92 Å². The van der Waals surface area contributed by atoms with E-state index >= 15 is 0 Å². The van der Waals surface area contributed by atoms with Gasteiger partial charge in [-0.1, -0.05) is 17.7 Å². The number of imide groups is 1. The normalized spacial score (nSPS) is 11.9. The number of ether oxygens (including phenoxy) is 4. The molecular formula is C20H19ClN2O7. The second-order valence-electron chi connectivity index (χ2n) is 6.24. The van der Waals surface area contributed by atoms with Crippen LogP contribution < -0.4 is 24.8 Å². The number of esters is 1. The summed E-state index contributed by atoms with van der Waals surface area (Å²) >= 11 is 5.97. The van der Waals surface area contributed by atoms with E-state index in [9.17, 15) is 14.4 Å². The molecule has 0 radical (unpaired) electrons. The van der Waals surface area contributed by atoms with Crippen LogP contribution in [0.1, 0.15) is 5.56 Å². The van der Waals surface area contributed by atoms with Gasteiger partial charge in [0.2, 0.25) is 0 Å². The topological polar surface area (TPSA) is 112 Å². The highest BCUT2D eigenvalue weighted by Gasteiger charge is 2.15. The lowest BCUT2D eigenvalue weighted by Gasteiger charge is -2.19. The zero-order chi connectivity index (χ0) is 21.5. The quantitative estimate of drug-likeness (QED) is 0.672. The van der Waals surface area contributed by atoms with E-state index in [0.29, 0.717) is 41.2 Å². The lowest BCUT2D eigenvalue weighted by molar-refractivity contribution is -0.150. The molecule has 0 aromatic heterocycles. The molecule has 1 heterocycles. The zero-order valence-corrected chi connectivity index (χ0v) is 16.8. The summed E-state index contributed by atoms with van der Waals surface area (Å²) < 4.78 is 20.9. The van der Waals surface area contributed by atoms with Gasteiger partial charge < -0.3 is 24.3 Å². The molecule has 10 heteroatoms. The molecule has 3 rings (SSSR count). The average molecular weight is 435 g/mol. The Labute approximate surface area is 177 Å². The fraction of sp³-hybridized carbons (Fsp3) is 0.250. The number of rotatable bonds is 6. The molecule has 2 aromatic carbocycles. The van der Waals surface area contributed by atoms with Crippen molar-refractivity contribution in [3.63, 3.8) is 0 Å². The first-order valence-electron chi connectivity index (χ1n) is 8.96. The van der Waals surface area contributed by atoms with Crippen LogP contribution in [0.4, 0.5) is 10.5 Å². The van der Waals surface area contributed by atoms with Crippen LogP contribution in [0.5, 0.6) is 17.2 Å². The molecule has 30 heavy (non-hydrogen) atoms. The molecule has 0 bridgehead atoms. The maximum Gasteiger partial charge on any atom is 0.344 e. The third-order valence-corrected chi connectivity index (χ3v) is 4.16. The lowest BCUT2D eigenvalue weighted by atomic mass is 10.2. The number of carbonyl (C=O) groups is 3. The van der Waals surface area contributed by atoms with Crippen molar-refractivity contribution in [3.8, 4) is 17.2 Å². The lowest BCUT2D eigenvalue weighted by Crippen LogP contribution is -2.37. The van der Waals surface area contributed by atoms with Gasteiger partial charge in [-0.15, -0.1) is 0 Å². The number of anilines is 1. The van der Waals surface area contributed by atoms with E-state index in [0.717, 1.165) is 5.56 Å². The van der Waals surface area contributed by atoms with E-state index in [2.05, 4.69) is 10.6 Å². The number of amides is 3. The van der Waals surface area contributed by atoms with Crippen molar-refractivity contribution in [1.82, 2.24) is 5.32 Å². The molecule has 0 saturated heterocycles. The second-order valence-corrected chi connectivity index (χ2v) is 6.65. The van der Waals surface area contributed by atoms with E-state index in [-0.39, 0.29) is 0 Å². The highest BCUT2D eigenvalue weighted by molar-refractivity contribution is 6.32. The molecular weight excluding hydrogens is 416 g/mol. The highest BCUT2D eigenvalue weighted by atomic mass is 35.5. The van der Waals surface area contributed by atoms with Gasteiger partial charge >= 0.3 is 12.0 Å². The Morgan fingerprint density at radius 1 is 1.03 bits per heavy atom. The van der Waals surface area contributed by atoms with Gasteiger partial charge in [-0.2, -0.15) is 0 Å². The fourth-order valence-electron chi connectivity index (χ4n) is 2.49. The number of nitrogens with one attached hydrogen (secondary N) is 2. The van der Waals surface area contributed by atoms with Gasteiger partial charge in [0.15, 0.2) is 24.7 Å². The standard InChI is InChI=1S/C20H19ClN2O7/c1-12-2-4-14(21)16(8-12)29-11-19(25)30-10-18(24)23-20(26)22-13-3-5-15-17(9-13)28-7-6-27-15/h2-5,8-9H,6-7,10-11H2,1H3,(H2,22,23,24,26). The molecule has 1 aliphatic rings. The summed E-state index contributed by atoms with van der Waals surface area (Å²) in [6.45, 7) is 1.64. The van der Waals surface area contributed by atoms with Gasteiger partial charge in [-0.25, -0.2) is 9.59 Å². The van der Waals surface area contributed by atoms with E-state index in [1.54, 1.807) is 36.4 Å². The SMILES string of the molecule is Cc1ccc(Cl)c(OCC(=O)OCC(=O)NC(=O)Nc2ccc3c(c2)OCCO3)c1. The molecule has 9 nitrogen and oxygen atoms in total. The van der Waals surface area contributed by atoms with Gasteiger partial charge in [0.05, 0.1) is 5.02 Å². The summed E-state index contributed by atoms with van der Waals surface area (Å²) in [6.07, 6.45) is 0. The van der Waals surface area contributed by atoms with E-state index in [1.165, 1.54) is 0 Å². The van der Waals surface area contributed by atoms with Crippen molar-refractivity contribution < 1.29 is 33.3 Å². The summed E-state index contributed by atoms with van der Waals surface area (Å²) in [7, 11) is 0. The largest absolute Gasteiger partial charge is 0.486 e. The average Bonchev–Trinajstić information content (AvgIpc) is 2.72. The van der Waals surface area contributed by atoms with Crippen molar-refractivity contribution in [3.05, 3.63) is 47.0 Å². The van der Waals surface area contributed by atoms with Crippen molar-refractivity contribution in [2.24, 2.45) is 0 Å². The molecule has 158 valence electrons. The Kier molecular flexibility index (Phi) is 6.97. The highest BCUT2D eigenvalue weighted by Crippen LogP contribution is 2.32. The van der Waals surface area contributed by atoms with Crippen LogP contribution in [0.2, 0.25) is 5.02 Å². The van der Waals surface area contributed by atoms with Crippen LogP contribution in [0.3, 0.4) is 0 Å². The Morgan fingerprint density at radius 3 is 2.60 bits per heavy atom. The Balaban J connectivity index is 1.40. The number of hydrogen-bond acceptors (Lipinski definition) is 7. The van der Waals surface area contributed by atoms with Gasteiger partial charge in [0.25, 0.3) is 5.91 Å². The molecule has 0 aliphatic carbocycles. The van der Waals surface area contributed by atoms with Crippen LogP contribution in [-0.2, 0) is 14.3 Å². The monoisotopic (exact) mass is 434 g/mol. The van der Waals surface area contributed by atoms with Crippen LogP contribution in [-0.4, -0.2) is 44.3 Å². The number of urea groups is 1. The van der Waals surface area contributed by atoms with E-state index in [1.807, 2.05) is 6.92 Å². The number of aryl methyl sites for hydroxylation is 1. The minimum absolute atomic E-state index is 0.330. The third kappa shape index (κ3) is 6.02. The summed E-state index contributed by atoms with van der Waals surface area (Å²) in [5.74, 6) is -0.184. The number of benzene rings is 2. The smallest absolute Gasteiger partial charge is 0.344 e. The predicted octanol–water partition coefficient (Wildman–Crippen LogP) is 2.69. The molecule has 2 N–H and O–H groups in total. The second kappa shape index (κ2) is 9.84. The summed E-state index contributed by atoms with van der Waals surface area (Å²) in [5.41, 5.74) is 1.32. The molecule has 0 atom stereocenters. The Morgan fingerprint density at radius 2 is 1.80 bits per heavy atom. The molecule has 1 aliphatic heterocycles. The van der Waals surface area contributed by atoms with Crippen LogP contribution in [0.15, 0.2) is 36.4 Å². The maximum atomic E-state index is 11.9. The van der Waals surface area contributed by atoms with Crippen LogP contribution in [0, 0.1) is 6.92 Å². The molecule has 0 spiro atoms. The molecule has 0 saturated carbocycles. The predicted molar refractivity (Wildman–Crippen MR) is 107 cm³/mol. The van der Waals surface area contributed by atoms with Gasteiger partial charge in [0.1, 0.15) is 19.0 Å². The maximum absolute atomic E-state index is 11.9. The first-order valence-corrected chi connectivity index (χ1v) is 9.33. The first-order chi connectivity index (χ1) is 14.4. The molecule has 0 unspecified atom stereocenters. The molecule has 0 fully saturated rings. The van der Waals surface area contributed by atoms with E-state index < -0.39 is 31.1 Å². The minimum atomic E-state index is -0.799. The number of carbonyl (C=O) groups excluding carboxylic acids is 3. The number of hydrogen-bond donors (Lipinski definition) is 2. The Bertz CT molecular complexity index is 964. The van der Waals surface area contributed by atoms with Crippen molar-refractivity contribution in [1.29, 1.82) is 0 Å². The van der Waals surface area contributed by atoms with Crippen molar-refractivity contribution in [2.75, 3.05) is 31.7 Å². The minimum Gasteiger partial charge on any atom is -0.486 e. The zero-order valence-electron chi connectivity index (χ0n) is 16.0. The van der Waals surface area contributed by atoms with Gasteiger partial charge in [0, 0.05) is 11.8 Å². The third-order valence-electron chi connectivity index (χ3n) is 3.85. The van der Waals surface area contributed by atoms with Crippen molar-refractivity contribution >= 4 is 35.2 Å². The number of halogens is 1. The van der Waals surface area contributed by atoms with Crippen LogP contribution in [0.25, 0.3) is 0 Å². The fourth-order valence-corrected chi connectivity index (χ4v) is 2.66. The summed E-state index contributed by atoms with van der Waals surface area (Å²) in [4.78, 5) is 35.5. The summed E-state index contributed by atoms with van der Waals surface area (Å²) in [6, 6.07) is 9.16. The van der Waals surface area contributed by atoms with Crippen LogP contribution >= 0.6 is 11.6 Å². The Hall–Kier alpha value is -3.46. The molecule has 3 amide bonds. The number of fused-ring (bicyclic) bond motifs is 1. The van der Waals surface area contributed by atoms with Gasteiger partial charge in [-0.3, -0.25) is 10.1 Å². The van der Waals surface area contributed by atoms with E-state index in [4.69, 9.17) is 30.5 Å².